The zero-order valence-corrected chi connectivity index (χ0v) is 10.9. The Bertz CT molecular complexity index is 455. The van der Waals surface area contributed by atoms with Gasteiger partial charge >= 0.3 is 0 Å². The third kappa shape index (κ3) is 3.51. The summed E-state index contributed by atoms with van der Waals surface area (Å²) < 4.78 is 0. The molecule has 0 amide bonds. The van der Waals surface area contributed by atoms with E-state index in [1.165, 1.54) is 5.56 Å². The topological polar surface area (TPSA) is 41.0 Å². The Morgan fingerprint density at radius 2 is 2.24 bits per heavy atom. The summed E-state index contributed by atoms with van der Waals surface area (Å²) in [4.78, 5) is 10.7. The molecule has 0 unspecified atom stereocenters. The summed E-state index contributed by atoms with van der Waals surface area (Å²) in [5.41, 5.74) is 4.25. The van der Waals surface area contributed by atoms with Crippen molar-refractivity contribution in [3.63, 3.8) is 0 Å². The van der Waals surface area contributed by atoms with Gasteiger partial charge in [-0.1, -0.05) is 0 Å². The van der Waals surface area contributed by atoms with Crippen molar-refractivity contribution in [3.8, 4) is 0 Å². The maximum Gasteiger partial charge on any atom is 0.125 e. The number of nitrogens with one attached hydrogen (secondary N) is 1. The van der Waals surface area contributed by atoms with Crippen molar-refractivity contribution in [1.29, 1.82) is 0 Å². The van der Waals surface area contributed by atoms with Crippen molar-refractivity contribution in [2.75, 3.05) is 19.4 Å². The fourth-order valence-electron chi connectivity index (χ4n) is 1.67. The quantitative estimate of drug-likeness (QED) is 0.881. The SMILES string of the molecule is CNc1cc(CN(C)Cc2cscn2)ccn1. The third-order valence-electron chi connectivity index (χ3n) is 2.45. The van der Waals surface area contributed by atoms with Crippen LogP contribution in [0, 0.1) is 0 Å². The monoisotopic (exact) mass is 248 g/mol. The zero-order chi connectivity index (χ0) is 12.1. The number of thiazole rings is 1. The highest BCUT2D eigenvalue weighted by Crippen LogP contribution is 2.10. The van der Waals surface area contributed by atoms with E-state index in [9.17, 15) is 0 Å². The third-order valence-corrected chi connectivity index (χ3v) is 3.08. The molecule has 0 atom stereocenters. The summed E-state index contributed by atoms with van der Waals surface area (Å²) in [5, 5.41) is 5.13. The van der Waals surface area contributed by atoms with Gasteiger partial charge < -0.3 is 5.32 Å². The first-order valence-electron chi connectivity index (χ1n) is 5.46. The van der Waals surface area contributed by atoms with Crippen molar-refractivity contribution < 1.29 is 0 Å². The van der Waals surface area contributed by atoms with Crippen LogP contribution in [0.2, 0.25) is 0 Å². The molecule has 2 heterocycles. The number of hydrogen-bond acceptors (Lipinski definition) is 5. The average Bonchev–Trinajstić information content (AvgIpc) is 2.82. The highest BCUT2D eigenvalue weighted by molar-refractivity contribution is 7.07. The minimum Gasteiger partial charge on any atom is -0.373 e. The molecule has 90 valence electrons. The maximum atomic E-state index is 4.28. The van der Waals surface area contributed by atoms with Gasteiger partial charge in [0.25, 0.3) is 0 Å². The van der Waals surface area contributed by atoms with Crippen LogP contribution in [0.4, 0.5) is 5.82 Å². The molecule has 0 fully saturated rings. The summed E-state index contributed by atoms with van der Waals surface area (Å²) in [6.45, 7) is 1.77. The molecule has 0 aliphatic rings. The average molecular weight is 248 g/mol. The molecule has 0 spiro atoms. The Morgan fingerprint density at radius 3 is 2.94 bits per heavy atom. The van der Waals surface area contributed by atoms with E-state index < -0.39 is 0 Å². The van der Waals surface area contributed by atoms with Crippen molar-refractivity contribution in [2.24, 2.45) is 0 Å². The van der Waals surface area contributed by atoms with Crippen molar-refractivity contribution in [2.45, 2.75) is 13.1 Å². The van der Waals surface area contributed by atoms with Gasteiger partial charge in [-0.15, -0.1) is 11.3 Å². The molecule has 0 saturated heterocycles. The van der Waals surface area contributed by atoms with Crippen LogP contribution >= 0.6 is 11.3 Å². The Kier molecular flexibility index (Phi) is 4.06. The summed E-state index contributed by atoms with van der Waals surface area (Å²) in [5.74, 6) is 0.907. The van der Waals surface area contributed by atoms with Crippen LogP contribution in [0.25, 0.3) is 0 Å². The van der Waals surface area contributed by atoms with Crippen LogP contribution in [0.15, 0.2) is 29.2 Å². The largest absolute Gasteiger partial charge is 0.373 e. The molecule has 2 aromatic rings. The first-order valence-corrected chi connectivity index (χ1v) is 6.40. The molecule has 0 bridgehead atoms. The molecule has 5 heteroatoms. The highest BCUT2D eigenvalue weighted by Gasteiger charge is 2.04. The lowest BCUT2D eigenvalue weighted by atomic mass is 10.2. The van der Waals surface area contributed by atoms with Crippen molar-refractivity contribution in [3.05, 3.63) is 40.5 Å². The van der Waals surface area contributed by atoms with Gasteiger partial charge in [0.2, 0.25) is 0 Å². The molecule has 0 aliphatic heterocycles. The number of nitrogens with zero attached hydrogens (tertiary/aromatic N) is 3. The van der Waals surface area contributed by atoms with E-state index in [-0.39, 0.29) is 0 Å². The molecule has 1 N–H and O–H groups in total. The van der Waals surface area contributed by atoms with Gasteiger partial charge in [-0.25, -0.2) is 9.97 Å². The predicted octanol–water partition coefficient (Wildman–Crippen LogP) is 2.21. The standard InChI is InChI=1S/C12H16N4S/c1-13-12-5-10(3-4-14-12)6-16(2)7-11-8-17-9-15-11/h3-5,8-9H,6-7H2,1-2H3,(H,13,14). The molecular weight excluding hydrogens is 232 g/mol. The van der Waals surface area contributed by atoms with E-state index in [0.717, 1.165) is 24.6 Å². The number of pyridine rings is 1. The molecule has 0 aromatic carbocycles. The number of rotatable bonds is 5. The lowest BCUT2D eigenvalue weighted by molar-refractivity contribution is 0.316. The first-order chi connectivity index (χ1) is 8.28. The zero-order valence-electron chi connectivity index (χ0n) is 10.1. The van der Waals surface area contributed by atoms with Gasteiger partial charge in [-0.2, -0.15) is 0 Å². The van der Waals surface area contributed by atoms with E-state index in [0.29, 0.717) is 0 Å². The van der Waals surface area contributed by atoms with Gasteiger partial charge in [-0.3, -0.25) is 4.90 Å². The van der Waals surface area contributed by atoms with Gasteiger partial charge in [0.1, 0.15) is 5.82 Å². The maximum absolute atomic E-state index is 4.28. The van der Waals surface area contributed by atoms with E-state index in [4.69, 9.17) is 0 Å². The van der Waals surface area contributed by atoms with Crippen LogP contribution in [-0.4, -0.2) is 29.0 Å². The molecule has 0 radical (unpaired) electrons. The first kappa shape index (κ1) is 12.0. The van der Waals surface area contributed by atoms with Gasteiger partial charge in [0, 0.05) is 31.7 Å². The van der Waals surface area contributed by atoms with Crippen molar-refractivity contribution >= 4 is 17.2 Å². The number of anilines is 1. The molecule has 0 saturated carbocycles. The molecular formula is C12H16N4S. The smallest absolute Gasteiger partial charge is 0.125 e. The van der Waals surface area contributed by atoms with Crippen LogP contribution in [-0.2, 0) is 13.1 Å². The minimum atomic E-state index is 0.876. The normalized spacial score (nSPS) is 10.8. The number of aromatic nitrogens is 2. The van der Waals surface area contributed by atoms with E-state index in [2.05, 4.69) is 38.7 Å². The van der Waals surface area contributed by atoms with Crippen LogP contribution in [0.3, 0.4) is 0 Å². The van der Waals surface area contributed by atoms with Gasteiger partial charge in [0.05, 0.1) is 11.2 Å². The summed E-state index contributed by atoms with van der Waals surface area (Å²) in [7, 11) is 3.98. The fraction of sp³-hybridized carbons (Fsp3) is 0.333. The lowest BCUT2D eigenvalue weighted by Gasteiger charge is -2.15. The summed E-state index contributed by atoms with van der Waals surface area (Å²) in [6, 6.07) is 4.11. The van der Waals surface area contributed by atoms with Crippen LogP contribution in [0.5, 0.6) is 0 Å². The highest BCUT2D eigenvalue weighted by atomic mass is 32.1. The second-order valence-corrected chi connectivity index (χ2v) is 4.67. The van der Waals surface area contributed by atoms with E-state index in [1.54, 1.807) is 11.3 Å². The molecule has 0 aliphatic carbocycles. The Labute approximate surface area is 105 Å². The fourth-order valence-corrected chi connectivity index (χ4v) is 2.22. The van der Waals surface area contributed by atoms with Crippen LogP contribution in [0.1, 0.15) is 11.3 Å². The van der Waals surface area contributed by atoms with Gasteiger partial charge in [-0.05, 0) is 24.7 Å². The Morgan fingerprint density at radius 1 is 1.35 bits per heavy atom. The van der Waals surface area contributed by atoms with E-state index >= 15 is 0 Å². The second kappa shape index (κ2) is 5.75. The van der Waals surface area contributed by atoms with Crippen LogP contribution < -0.4 is 5.32 Å². The summed E-state index contributed by atoms with van der Waals surface area (Å²) in [6.07, 6.45) is 1.83. The number of hydrogen-bond donors (Lipinski definition) is 1. The Hall–Kier alpha value is -1.46. The molecule has 2 rings (SSSR count). The van der Waals surface area contributed by atoms with Crippen molar-refractivity contribution in [1.82, 2.24) is 14.9 Å². The minimum absolute atomic E-state index is 0.876. The predicted molar refractivity (Wildman–Crippen MR) is 71.1 cm³/mol. The van der Waals surface area contributed by atoms with E-state index in [1.807, 2.05) is 24.8 Å². The van der Waals surface area contributed by atoms with Gasteiger partial charge in [0.15, 0.2) is 0 Å². The molecule has 4 nitrogen and oxygen atoms in total. The molecule has 2 aromatic heterocycles. The lowest BCUT2D eigenvalue weighted by Crippen LogP contribution is -2.17. The second-order valence-electron chi connectivity index (χ2n) is 3.95. The molecule has 17 heavy (non-hydrogen) atoms. The Balaban J connectivity index is 1.95. The summed E-state index contributed by atoms with van der Waals surface area (Å²) >= 11 is 1.64.